The van der Waals surface area contributed by atoms with E-state index in [2.05, 4.69) is 35.9 Å². The van der Waals surface area contributed by atoms with Crippen LogP contribution in [0, 0.1) is 11.8 Å². The SMILES string of the molecule is CCCCCCCCCCOc1ccc(-c2ncc(CCC3CCC(CC)CC3)cn2)cc1. The second-order valence-electron chi connectivity index (χ2n) is 10.1. The highest BCUT2D eigenvalue weighted by atomic mass is 16.5. The van der Waals surface area contributed by atoms with Crippen LogP contribution in [0.5, 0.6) is 5.75 Å². The van der Waals surface area contributed by atoms with Gasteiger partial charge in [-0.05, 0) is 60.9 Å². The van der Waals surface area contributed by atoms with Crippen LogP contribution in [-0.2, 0) is 6.42 Å². The average Bonchev–Trinajstić information content (AvgIpc) is 2.87. The number of aryl methyl sites for hydroxylation is 1. The topological polar surface area (TPSA) is 35.0 Å². The summed E-state index contributed by atoms with van der Waals surface area (Å²) < 4.78 is 5.92. The van der Waals surface area contributed by atoms with Gasteiger partial charge in [0.15, 0.2) is 5.82 Å². The molecule has 33 heavy (non-hydrogen) atoms. The summed E-state index contributed by atoms with van der Waals surface area (Å²) in [4.78, 5) is 9.28. The molecular formula is C30H46N2O. The van der Waals surface area contributed by atoms with E-state index in [0.29, 0.717) is 0 Å². The molecule has 182 valence electrons. The largest absolute Gasteiger partial charge is 0.494 e. The molecule has 0 saturated heterocycles. The number of nitrogens with zero attached hydrogens (tertiary/aromatic N) is 2. The minimum Gasteiger partial charge on any atom is -0.494 e. The maximum atomic E-state index is 5.92. The number of ether oxygens (including phenoxy) is 1. The molecule has 1 fully saturated rings. The van der Waals surface area contributed by atoms with Crippen LogP contribution in [0.25, 0.3) is 11.4 Å². The second kappa shape index (κ2) is 15.1. The summed E-state index contributed by atoms with van der Waals surface area (Å²) in [5, 5.41) is 0. The van der Waals surface area contributed by atoms with Crippen molar-refractivity contribution in [1.82, 2.24) is 9.97 Å². The lowest BCUT2D eigenvalue weighted by Gasteiger charge is -2.27. The molecule has 0 spiro atoms. The molecule has 0 aliphatic heterocycles. The third-order valence-electron chi connectivity index (χ3n) is 7.47. The van der Waals surface area contributed by atoms with Crippen LogP contribution in [0.2, 0.25) is 0 Å². The van der Waals surface area contributed by atoms with Crippen LogP contribution in [0.4, 0.5) is 0 Å². The van der Waals surface area contributed by atoms with Gasteiger partial charge in [0.25, 0.3) is 0 Å². The number of hydrogen-bond acceptors (Lipinski definition) is 3. The molecular weight excluding hydrogens is 404 g/mol. The fraction of sp³-hybridized carbons (Fsp3) is 0.667. The average molecular weight is 451 g/mol. The van der Waals surface area contributed by atoms with E-state index in [-0.39, 0.29) is 0 Å². The van der Waals surface area contributed by atoms with Crippen molar-refractivity contribution in [3.05, 3.63) is 42.2 Å². The van der Waals surface area contributed by atoms with E-state index in [1.807, 2.05) is 24.5 Å². The Balaban J connectivity index is 1.33. The normalized spacial score (nSPS) is 18.4. The summed E-state index contributed by atoms with van der Waals surface area (Å²) in [6.07, 6.45) is 24.0. The zero-order chi connectivity index (χ0) is 23.1. The lowest BCUT2D eigenvalue weighted by molar-refractivity contribution is 0.258. The molecule has 0 N–H and O–H groups in total. The van der Waals surface area contributed by atoms with Crippen LogP contribution >= 0.6 is 0 Å². The van der Waals surface area contributed by atoms with Gasteiger partial charge in [0.2, 0.25) is 0 Å². The summed E-state index contributed by atoms with van der Waals surface area (Å²) in [7, 11) is 0. The Morgan fingerprint density at radius 1 is 0.758 bits per heavy atom. The van der Waals surface area contributed by atoms with Crippen molar-refractivity contribution < 1.29 is 4.74 Å². The molecule has 1 aliphatic rings. The van der Waals surface area contributed by atoms with Gasteiger partial charge < -0.3 is 4.74 Å². The zero-order valence-electron chi connectivity index (χ0n) is 21.2. The maximum Gasteiger partial charge on any atom is 0.159 e. The van der Waals surface area contributed by atoms with Crippen LogP contribution in [0.15, 0.2) is 36.7 Å². The molecule has 0 bridgehead atoms. The van der Waals surface area contributed by atoms with Crippen molar-refractivity contribution in [2.75, 3.05) is 6.61 Å². The lowest BCUT2D eigenvalue weighted by atomic mass is 9.79. The maximum absolute atomic E-state index is 5.92. The monoisotopic (exact) mass is 450 g/mol. The Labute approximate surface area is 202 Å². The Morgan fingerprint density at radius 2 is 1.36 bits per heavy atom. The van der Waals surface area contributed by atoms with Gasteiger partial charge in [-0.3, -0.25) is 0 Å². The van der Waals surface area contributed by atoms with Gasteiger partial charge in [0, 0.05) is 18.0 Å². The van der Waals surface area contributed by atoms with Crippen molar-refractivity contribution in [3.8, 4) is 17.1 Å². The zero-order valence-corrected chi connectivity index (χ0v) is 21.2. The summed E-state index contributed by atoms with van der Waals surface area (Å²) >= 11 is 0. The van der Waals surface area contributed by atoms with Gasteiger partial charge in [-0.1, -0.05) is 90.9 Å². The van der Waals surface area contributed by atoms with E-state index in [1.165, 1.54) is 89.0 Å². The van der Waals surface area contributed by atoms with E-state index in [1.54, 1.807) is 0 Å². The molecule has 1 aromatic carbocycles. The molecule has 3 rings (SSSR count). The Hall–Kier alpha value is -1.90. The van der Waals surface area contributed by atoms with E-state index in [0.717, 1.165) is 48.4 Å². The van der Waals surface area contributed by atoms with E-state index >= 15 is 0 Å². The summed E-state index contributed by atoms with van der Waals surface area (Å²) in [5.74, 6) is 3.62. The highest BCUT2D eigenvalue weighted by Gasteiger charge is 2.19. The molecule has 1 saturated carbocycles. The first-order chi connectivity index (χ1) is 16.3. The molecule has 3 nitrogen and oxygen atoms in total. The van der Waals surface area contributed by atoms with Gasteiger partial charge in [-0.15, -0.1) is 0 Å². The molecule has 1 aromatic heterocycles. The predicted octanol–water partition coefficient (Wildman–Crippen LogP) is 8.81. The number of benzene rings is 1. The Bertz CT molecular complexity index is 748. The smallest absolute Gasteiger partial charge is 0.159 e. The highest BCUT2D eigenvalue weighted by molar-refractivity contribution is 5.55. The van der Waals surface area contributed by atoms with Gasteiger partial charge in [-0.25, -0.2) is 9.97 Å². The minimum atomic E-state index is 0.803. The molecule has 1 aliphatic carbocycles. The molecule has 2 aromatic rings. The molecule has 0 unspecified atom stereocenters. The molecule has 0 amide bonds. The number of unbranched alkanes of at least 4 members (excludes halogenated alkanes) is 7. The van der Waals surface area contributed by atoms with Crippen molar-refractivity contribution in [2.45, 2.75) is 110 Å². The highest BCUT2D eigenvalue weighted by Crippen LogP contribution is 2.33. The van der Waals surface area contributed by atoms with Crippen LogP contribution in [-0.4, -0.2) is 16.6 Å². The fourth-order valence-corrected chi connectivity index (χ4v) is 5.06. The number of rotatable bonds is 15. The van der Waals surface area contributed by atoms with Gasteiger partial charge in [0.05, 0.1) is 6.61 Å². The second-order valence-corrected chi connectivity index (χ2v) is 10.1. The fourth-order valence-electron chi connectivity index (χ4n) is 5.06. The van der Waals surface area contributed by atoms with Crippen LogP contribution < -0.4 is 4.74 Å². The minimum absolute atomic E-state index is 0.803. The first-order valence-corrected chi connectivity index (χ1v) is 13.8. The number of aromatic nitrogens is 2. The van der Waals surface area contributed by atoms with E-state index < -0.39 is 0 Å². The van der Waals surface area contributed by atoms with Gasteiger partial charge in [-0.2, -0.15) is 0 Å². The van der Waals surface area contributed by atoms with E-state index in [9.17, 15) is 0 Å². The van der Waals surface area contributed by atoms with Crippen molar-refractivity contribution in [2.24, 2.45) is 11.8 Å². The standard InChI is InChI=1S/C30H46N2O/c1-3-5-6-7-8-9-10-11-22-33-29-20-18-28(19-21-29)30-31-23-27(24-32-30)17-16-26-14-12-25(4-2)13-15-26/h18-21,23-26H,3-17,22H2,1-2H3. The molecule has 0 atom stereocenters. The molecule has 0 radical (unpaired) electrons. The van der Waals surface area contributed by atoms with Crippen LogP contribution in [0.3, 0.4) is 0 Å². The summed E-state index contributed by atoms with van der Waals surface area (Å²) in [6, 6.07) is 8.24. The molecule has 3 heteroatoms. The Morgan fingerprint density at radius 3 is 2.00 bits per heavy atom. The quantitative estimate of drug-likeness (QED) is 0.254. The van der Waals surface area contributed by atoms with Crippen molar-refractivity contribution >= 4 is 0 Å². The first kappa shape index (κ1) is 25.7. The summed E-state index contributed by atoms with van der Waals surface area (Å²) in [5.41, 5.74) is 2.32. The molecule has 1 heterocycles. The predicted molar refractivity (Wildman–Crippen MR) is 140 cm³/mol. The third-order valence-corrected chi connectivity index (χ3v) is 7.47. The van der Waals surface area contributed by atoms with Crippen molar-refractivity contribution in [1.29, 1.82) is 0 Å². The van der Waals surface area contributed by atoms with Gasteiger partial charge >= 0.3 is 0 Å². The number of hydrogen-bond donors (Lipinski definition) is 0. The summed E-state index contributed by atoms with van der Waals surface area (Å²) in [6.45, 7) is 5.41. The van der Waals surface area contributed by atoms with Crippen molar-refractivity contribution in [3.63, 3.8) is 0 Å². The van der Waals surface area contributed by atoms with E-state index in [4.69, 9.17) is 4.74 Å². The first-order valence-electron chi connectivity index (χ1n) is 13.8. The van der Waals surface area contributed by atoms with Crippen LogP contribution in [0.1, 0.15) is 109 Å². The Kier molecular flexibility index (Phi) is 11.8. The van der Waals surface area contributed by atoms with Gasteiger partial charge in [0.1, 0.15) is 5.75 Å². The third kappa shape index (κ3) is 9.47. The lowest BCUT2D eigenvalue weighted by Crippen LogP contribution is -2.14.